The molecule has 2 amide bonds. The molecule has 0 saturated heterocycles. The minimum Gasteiger partial charge on any atom is -0.347 e. The predicted octanol–water partition coefficient (Wildman–Crippen LogP) is 0.459. The van der Waals surface area contributed by atoms with Crippen molar-refractivity contribution in [3.63, 3.8) is 0 Å². The van der Waals surface area contributed by atoms with Crippen LogP contribution in [0.25, 0.3) is 0 Å². The van der Waals surface area contributed by atoms with Crippen LogP contribution in [-0.4, -0.2) is 49.9 Å². The predicted molar refractivity (Wildman–Crippen MR) is 73.1 cm³/mol. The van der Waals surface area contributed by atoms with Crippen molar-refractivity contribution in [1.29, 1.82) is 0 Å². The Bertz CT molecular complexity index is 288. The molecule has 106 valence electrons. The molecule has 2 atom stereocenters. The third kappa shape index (κ3) is 4.64. The van der Waals surface area contributed by atoms with Crippen LogP contribution < -0.4 is 10.6 Å². The van der Waals surface area contributed by atoms with Crippen LogP contribution in [0.3, 0.4) is 0 Å². The highest BCUT2D eigenvalue weighted by Crippen LogP contribution is 2.07. The van der Waals surface area contributed by atoms with Crippen molar-refractivity contribution in [2.75, 3.05) is 21.1 Å². The van der Waals surface area contributed by atoms with Gasteiger partial charge in [0.2, 0.25) is 11.8 Å². The number of carbonyl (C=O) groups excluding carboxylic acids is 2. The summed E-state index contributed by atoms with van der Waals surface area (Å²) in [6.45, 7) is 7.80. The monoisotopic (exact) mass is 257 g/mol. The summed E-state index contributed by atoms with van der Waals surface area (Å²) in [5.41, 5.74) is 0. The molecule has 0 bridgehead atoms. The largest absolute Gasteiger partial charge is 0.347 e. The molecule has 18 heavy (non-hydrogen) atoms. The second-order valence-corrected chi connectivity index (χ2v) is 5.47. The zero-order chi connectivity index (χ0) is 14.5. The number of hydrogen-bond donors (Lipinski definition) is 2. The van der Waals surface area contributed by atoms with E-state index in [0.29, 0.717) is 0 Å². The average Bonchev–Trinajstić information content (AvgIpc) is 2.24. The fourth-order valence-corrected chi connectivity index (χ4v) is 1.80. The van der Waals surface area contributed by atoms with Crippen molar-refractivity contribution >= 4 is 11.8 Å². The molecule has 0 aromatic rings. The lowest BCUT2D eigenvalue weighted by Gasteiger charge is -2.27. The van der Waals surface area contributed by atoms with E-state index in [1.54, 1.807) is 21.1 Å². The lowest BCUT2D eigenvalue weighted by molar-refractivity contribution is -0.136. The van der Waals surface area contributed by atoms with Gasteiger partial charge in [-0.3, -0.25) is 9.59 Å². The Balaban J connectivity index is 4.79. The van der Waals surface area contributed by atoms with Crippen LogP contribution in [0.4, 0.5) is 0 Å². The molecule has 0 aliphatic carbocycles. The smallest absolute Gasteiger partial charge is 0.244 e. The fraction of sp³-hybridized carbons (Fsp3) is 0.846. The van der Waals surface area contributed by atoms with Crippen molar-refractivity contribution in [3.05, 3.63) is 0 Å². The Morgan fingerprint density at radius 1 is 0.944 bits per heavy atom. The standard InChI is InChI=1S/C13H27N3O2/c1-8(2)10(14-5)12(17)15-11(9(3)4)13(18)16(6)7/h8-11,14H,1-7H3,(H,15,17)/t10-,11?/m0/s1. The zero-order valence-corrected chi connectivity index (χ0v) is 12.6. The van der Waals surface area contributed by atoms with Gasteiger partial charge in [-0.05, 0) is 18.9 Å². The molecular weight excluding hydrogens is 230 g/mol. The maximum atomic E-state index is 12.1. The van der Waals surface area contributed by atoms with E-state index in [2.05, 4.69) is 10.6 Å². The molecule has 5 heteroatoms. The number of nitrogens with zero attached hydrogens (tertiary/aromatic N) is 1. The van der Waals surface area contributed by atoms with Crippen LogP contribution in [-0.2, 0) is 9.59 Å². The van der Waals surface area contributed by atoms with E-state index in [9.17, 15) is 9.59 Å². The summed E-state index contributed by atoms with van der Waals surface area (Å²) < 4.78 is 0. The molecule has 0 aliphatic heterocycles. The molecular formula is C13H27N3O2. The number of likely N-dealkylation sites (N-methyl/N-ethyl adjacent to an activating group) is 2. The lowest BCUT2D eigenvalue weighted by atomic mass is 9.99. The highest BCUT2D eigenvalue weighted by Gasteiger charge is 2.29. The second kappa shape index (κ2) is 7.36. The molecule has 0 aromatic carbocycles. The SMILES string of the molecule is CN[C@H](C(=O)NC(C(=O)N(C)C)C(C)C)C(C)C. The quantitative estimate of drug-likeness (QED) is 0.726. The molecule has 0 fully saturated rings. The van der Waals surface area contributed by atoms with Gasteiger partial charge in [0, 0.05) is 14.1 Å². The van der Waals surface area contributed by atoms with Crippen LogP contribution >= 0.6 is 0 Å². The van der Waals surface area contributed by atoms with Gasteiger partial charge in [0.05, 0.1) is 6.04 Å². The summed E-state index contributed by atoms with van der Waals surface area (Å²) in [5, 5.41) is 5.81. The van der Waals surface area contributed by atoms with Gasteiger partial charge in [-0.1, -0.05) is 27.7 Å². The molecule has 0 aromatic heterocycles. The van der Waals surface area contributed by atoms with E-state index in [1.807, 2.05) is 27.7 Å². The maximum absolute atomic E-state index is 12.1. The molecule has 0 spiro atoms. The third-order valence-corrected chi connectivity index (χ3v) is 2.93. The van der Waals surface area contributed by atoms with Crippen LogP contribution in [0.5, 0.6) is 0 Å². The van der Waals surface area contributed by atoms with Crippen molar-refractivity contribution in [3.8, 4) is 0 Å². The van der Waals surface area contributed by atoms with Crippen LogP contribution in [0, 0.1) is 11.8 Å². The van der Waals surface area contributed by atoms with Gasteiger partial charge < -0.3 is 15.5 Å². The Hall–Kier alpha value is -1.10. The number of nitrogens with one attached hydrogen (secondary N) is 2. The number of rotatable bonds is 6. The second-order valence-electron chi connectivity index (χ2n) is 5.47. The minimum atomic E-state index is -0.470. The summed E-state index contributed by atoms with van der Waals surface area (Å²) in [6.07, 6.45) is 0. The van der Waals surface area contributed by atoms with Crippen molar-refractivity contribution in [2.45, 2.75) is 39.8 Å². The molecule has 0 saturated carbocycles. The van der Waals surface area contributed by atoms with Gasteiger partial charge in [-0.2, -0.15) is 0 Å². The number of carbonyl (C=O) groups is 2. The first kappa shape index (κ1) is 16.9. The number of hydrogen-bond acceptors (Lipinski definition) is 3. The highest BCUT2D eigenvalue weighted by molar-refractivity contribution is 5.89. The fourth-order valence-electron chi connectivity index (χ4n) is 1.80. The van der Waals surface area contributed by atoms with E-state index in [4.69, 9.17) is 0 Å². The molecule has 0 aliphatic rings. The molecule has 5 nitrogen and oxygen atoms in total. The normalized spacial score (nSPS) is 14.5. The van der Waals surface area contributed by atoms with Gasteiger partial charge in [-0.25, -0.2) is 0 Å². The number of amides is 2. The van der Waals surface area contributed by atoms with Gasteiger partial charge >= 0.3 is 0 Å². The summed E-state index contributed by atoms with van der Waals surface area (Å²) in [7, 11) is 5.14. The minimum absolute atomic E-state index is 0.0634. The van der Waals surface area contributed by atoms with Crippen LogP contribution in [0.2, 0.25) is 0 Å². The zero-order valence-electron chi connectivity index (χ0n) is 12.6. The molecule has 1 unspecified atom stereocenters. The Labute approximate surface area is 110 Å². The van der Waals surface area contributed by atoms with E-state index in [-0.39, 0.29) is 29.7 Å². The van der Waals surface area contributed by atoms with Crippen molar-refractivity contribution in [1.82, 2.24) is 15.5 Å². The van der Waals surface area contributed by atoms with Gasteiger partial charge in [0.15, 0.2) is 0 Å². The lowest BCUT2D eigenvalue weighted by Crippen LogP contribution is -2.55. The summed E-state index contributed by atoms with van der Waals surface area (Å²) in [6, 6.07) is -0.747. The van der Waals surface area contributed by atoms with E-state index >= 15 is 0 Å². The topological polar surface area (TPSA) is 61.4 Å². The first-order valence-electron chi connectivity index (χ1n) is 6.41. The summed E-state index contributed by atoms with van der Waals surface area (Å²) in [5.74, 6) is 0.0455. The first-order valence-corrected chi connectivity index (χ1v) is 6.41. The molecule has 0 heterocycles. The van der Waals surface area contributed by atoms with E-state index in [1.165, 1.54) is 4.90 Å². The first-order chi connectivity index (χ1) is 8.22. The van der Waals surface area contributed by atoms with Crippen molar-refractivity contribution < 1.29 is 9.59 Å². The van der Waals surface area contributed by atoms with Gasteiger partial charge in [0.1, 0.15) is 6.04 Å². The summed E-state index contributed by atoms with van der Waals surface area (Å²) >= 11 is 0. The molecule has 0 radical (unpaired) electrons. The third-order valence-electron chi connectivity index (χ3n) is 2.93. The summed E-state index contributed by atoms with van der Waals surface area (Å²) in [4.78, 5) is 25.6. The Morgan fingerprint density at radius 3 is 1.67 bits per heavy atom. The van der Waals surface area contributed by atoms with Crippen molar-refractivity contribution in [2.24, 2.45) is 11.8 Å². The van der Waals surface area contributed by atoms with Crippen LogP contribution in [0.1, 0.15) is 27.7 Å². The molecule has 0 rings (SSSR count). The highest BCUT2D eigenvalue weighted by atomic mass is 16.2. The Morgan fingerprint density at radius 2 is 1.39 bits per heavy atom. The van der Waals surface area contributed by atoms with E-state index in [0.717, 1.165) is 0 Å². The van der Waals surface area contributed by atoms with E-state index < -0.39 is 6.04 Å². The van der Waals surface area contributed by atoms with Gasteiger partial charge in [-0.15, -0.1) is 0 Å². The van der Waals surface area contributed by atoms with Gasteiger partial charge in [0.25, 0.3) is 0 Å². The Kier molecular flexibility index (Phi) is 6.91. The maximum Gasteiger partial charge on any atom is 0.244 e. The van der Waals surface area contributed by atoms with Crippen LogP contribution in [0.15, 0.2) is 0 Å². The molecule has 2 N–H and O–H groups in total. The average molecular weight is 257 g/mol.